The van der Waals surface area contributed by atoms with E-state index in [9.17, 15) is 24.6 Å². The number of hydrogen-bond acceptors (Lipinski definition) is 8. The number of cyclic esters (lactones) is 1. The van der Waals surface area contributed by atoms with Crippen molar-refractivity contribution in [2.75, 3.05) is 13.7 Å². The Balaban J connectivity index is 1.51. The third kappa shape index (κ3) is 3.00. The van der Waals surface area contributed by atoms with Crippen molar-refractivity contribution in [1.82, 2.24) is 0 Å². The second kappa shape index (κ2) is 7.79. The molecule has 0 spiro atoms. The van der Waals surface area contributed by atoms with Gasteiger partial charge in [0.1, 0.15) is 12.7 Å². The summed E-state index contributed by atoms with van der Waals surface area (Å²) >= 11 is 0. The van der Waals surface area contributed by atoms with Gasteiger partial charge in [-0.2, -0.15) is 0 Å². The SMILES string of the molecule is COC(=O)C12CCC(OC(C)=O)CC1(O)CCC1C2CCC2(C)C(C3=CC(=O)OC3)CCC12O. The first-order valence-electron chi connectivity index (χ1n) is 12.6. The van der Waals surface area contributed by atoms with Crippen LogP contribution < -0.4 is 0 Å². The van der Waals surface area contributed by atoms with E-state index < -0.39 is 40.1 Å². The van der Waals surface area contributed by atoms with E-state index in [1.807, 2.05) is 0 Å². The summed E-state index contributed by atoms with van der Waals surface area (Å²) in [5, 5.41) is 24.3. The number of carbonyl (C=O) groups is 3. The quantitative estimate of drug-likeness (QED) is 0.471. The van der Waals surface area contributed by atoms with Gasteiger partial charge in [-0.15, -0.1) is 0 Å². The van der Waals surface area contributed by atoms with Crippen LogP contribution in [0.4, 0.5) is 0 Å². The summed E-state index contributed by atoms with van der Waals surface area (Å²) in [5.74, 6) is -1.48. The maximum absolute atomic E-state index is 13.5. The Bertz CT molecular complexity index is 943. The van der Waals surface area contributed by atoms with E-state index in [0.29, 0.717) is 44.9 Å². The normalized spacial score (nSPS) is 47.6. The monoisotopic (exact) mass is 476 g/mol. The van der Waals surface area contributed by atoms with Crippen molar-refractivity contribution in [3.8, 4) is 0 Å². The number of methoxy groups -OCH3 is 1. The molecule has 4 fully saturated rings. The van der Waals surface area contributed by atoms with Gasteiger partial charge in [-0.05, 0) is 74.7 Å². The predicted molar refractivity (Wildman–Crippen MR) is 119 cm³/mol. The summed E-state index contributed by atoms with van der Waals surface area (Å²) in [6.07, 6.45) is 5.83. The van der Waals surface area contributed by atoms with Gasteiger partial charge >= 0.3 is 17.9 Å². The fraction of sp³-hybridized carbons (Fsp3) is 0.808. The highest BCUT2D eigenvalue weighted by Crippen LogP contribution is 2.71. The van der Waals surface area contributed by atoms with Crippen LogP contribution >= 0.6 is 0 Å². The van der Waals surface area contributed by atoms with E-state index in [2.05, 4.69) is 6.92 Å². The van der Waals surface area contributed by atoms with Gasteiger partial charge in [0.05, 0.1) is 23.7 Å². The number of esters is 3. The van der Waals surface area contributed by atoms with Crippen LogP contribution in [0.15, 0.2) is 11.6 Å². The van der Waals surface area contributed by atoms with Crippen LogP contribution in [0.2, 0.25) is 0 Å². The zero-order valence-electron chi connectivity index (χ0n) is 20.3. The molecule has 2 N–H and O–H groups in total. The van der Waals surface area contributed by atoms with Crippen LogP contribution in [-0.2, 0) is 28.6 Å². The minimum absolute atomic E-state index is 0.0551. The molecule has 0 aromatic heterocycles. The van der Waals surface area contributed by atoms with Crippen molar-refractivity contribution >= 4 is 17.9 Å². The molecule has 5 rings (SSSR count). The lowest BCUT2D eigenvalue weighted by atomic mass is 9.41. The maximum Gasteiger partial charge on any atom is 0.331 e. The second-order valence-corrected chi connectivity index (χ2v) is 11.5. The van der Waals surface area contributed by atoms with Crippen LogP contribution in [0.3, 0.4) is 0 Å². The molecule has 8 unspecified atom stereocenters. The van der Waals surface area contributed by atoms with E-state index in [0.717, 1.165) is 12.0 Å². The molecule has 4 saturated carbocycles. The molecule has 4 aliphatic carbocycles. The predicted octanol–water partition coefficient (Wildman–Crippen LogP) is 2.44. The molecular weight excluding hydrogens is 440 g/mol. The first-order chi connectivity index (χ1) is 16.0. The molecule has 34 heavy (non-hydrogen) atoms. The molecule has 8 nitrogen and oxygen atoms in total. The molecule has 0 amide bonds. The molecule has 8 heteroatoms. The van der Waals surface area contributed by atoms with E-state index >= 15 is 0 Å². The zero-order valence-corrected chi connectivity index (χ0v) is 20.3. The maximum atomic E-state index is 13.5. The lowest BCUT2D eigenvalue weighted by molar-refractivity contribution is -0.262. The minimum Gasteiger partial charge on any atom is -0.468 e. The van der Waals surface area contributed by atoms with Crippen molar-refractivity contribution in [3.63, 3.8) is 0 Å². The van der Waals surface area contributed by atoms with Crippen LogP contribution in [0.1, 0.15) is 71.6 Å². The third-order valence-corrected chi connectivity index (χ3v) is 10.4. The highest BCUT2D eigenvalue weighted by atomic mass is 16.5. The average molecular weight is 477 g/mol. The minimum atomic E-state index is -1.35. The Labute approximate surface area is 200 Å². The van der Waals surface area contributed by atoms with Crippen molar-refractivity contribution in [2.24, 2.45) is 28.6 Å². The summed E-state index contributed by atoms with van der Waals surface area (Å²) in [6, 6.07) is 0. The van der Waals surface area contributed by atoms with Gasteiger partial charge in [0.15, 0.2) is 0 Å². The molecule has 0 aromatic carbocycles. The summed E-state index contributed by atoms with van der Waals surface area (Å²) < 4.78 is 15.9. The Hall–Kier alpha value is -1.93. The van der Waals surface area contributed by atoms with E-state index in [1.54, 1.807) is 6.08 Å². The third-order valence-electron chi connectivity index (χ3n) is 10.4. The van der Waals surface area contributed by atoms with Crippen LogP contribution in [0.25, 0.3) is 0 Å². The van der Waals surface area contributed by atoms with Gasteiger partial charge in [0.25, 0.3) is 0 Å². The number of fused-ring (bicyclic) bond motifs is 5. The summed E-state index contributed by atoms with van der Waals surface area (Å²) in [4.78, 5) is 36.8. The Morgan fingerprint density at radius 2 is 1.79 bits per heavy atom. The van der Waals surface area contributed by atoms with Gasteiger partial charge in [0.2, 0.25) is 0 Å². The van der Waals surface area contributed by atoms with Crippen molar-refractivity contribution in [3.05, 3.63) is 11.6 Å². The second-order valence-electron chi connectivity index (χ2n) is 11.5. The molecular formula is C26H36O8. The molecule has 0 aromatic rings. The summed E-state index contributed by atoms with van der Waals surface area (Å²) in [7, 11) is 1.36. The van der Waals surface area contributed by atoms with Gasteiger partial charge in [-0.1, -0.05) is 6.92 Å². The fourth-order valence-electron chi connectivity index (χ4n) is 8.97. The van der Waals surface area contributed by atoms with E-state index in [4.69, 9.17) is 14.2 Å². The zero-order chi connectivity index (χ0) is 24.5. The molecule has 5 aliphatic rings. The van der Waals surface area contributed by atoms with Gasteiger partial charge < -0.3 is 24.4 Å². The highest BCUT2D eigenvalue weighted by Gasteiger charge is 2.74. The van der Waals surface area contributed by atoms with Gasteiger partial charge in [-0.3, -0.25) is 9.59 Å². The first kappa shape index (κ1) is 23.8. The molecule has 0 radical (unpaired) electrons. The van der Waals surface area contributed by atoms with Crippen molar-refractivity contribution in [2.45, 2.75) is 88.9 Å². The Kier molecular flexibility index (Phi) is 5.45. The number of rotatable bonds is 3. The van der Waals surface area contributed by atoms with E-state index in [-0.39, 0.29) is 36.8 Å². The number of hydrogen-bond donors (Lipinski definition) is 2. The van der Waals surface area contributed by atoms with Gasteiger partial charge in [-0.25, -0.2) is 4.79 Å². The smallest absolute Gasteiger partial charge is 0.331 e. The summed E-state index contributed by atoms with van der Waals surface area (Å²) in [5.41, 5.74) is -2.98. The number of carbonyl (C=O) groups excluding carboxylic acids is 3. The Morgan fingerprint density at radius 3 is 2.44 bits per heavy atom. The van der Waals surface area contributed by atoms with Crippen molar-refractivity contribution in [1.29, 1.82) is 0 Å². The standard InChI is InChI=1S/C26H36O8/c1-15(27)34-17-4-10-25(22(29)32-3)19-5-8-23(2)18(16-12-21(28)33-14-16)7-11-26(23,31)20(19)6-9-24(25,30)13-17/h12,17-20,30-31H,4-11,13-14H2,1-3H3. The van der Waals surface area contributed by atoms with Crippen LogP contribution in [-0.4, -0.2) is 59.1 Å². The largest absolute Gasteiger partial charge is 0.468 e. The molecule has 8 atom stereocenters. The van der Waals surface area contributed by atoms with E-state index in [1.165, 1.54) is 14.0 Å². The molecule has 1 aliphatic heterocycles. The first-order valence-corrected chi connectivity index (χ1v) is 12.6. The topological polar surface area (TPSA) is 119 Å². The average Bonchev–Trinajstić information content (AvgIpc) is 3.32. The van der Waals surface area contributed by atoms with Crippen LogP contribution in [0, 0.1) is 28.6 Å². The number of aliphatic hydroxyl groups is 2. The lowest BCUT2D eigenvalue weighted by Gasteiger charge is -2.65. The fourth-order valence-corrected chi connectivity index (χ4v) is 8.97. The lowest BCUT2D eigenvalue weighted by Crippen LogP contribution is -2.70. The number of ether oxygens (including phenoxy) is 3. The molecule has 0 saturated heterocycles. The van der Waals surface area contributed by atoms with Gasteiger partial charge in [0, 0.05) is 24.8 Å². The Morgan fingerprint density at radius 1 is 1.06 bits per heavy atom. The van der Waals surface area contributed by atoms with Crippen molar-refractivity contribution < 1.29 is 38.8 Å². The molecule has 188 valence electrons. The molecule has 0 bridgehead atoms. The summed E-state index contributed by atoms with van der Waals surface area (Å²) in [6.45, 7) is 3.76. The molecule has 1 heterocycles. The van der Waals surface area contributed by atoms with Crippen LogP contribution in [0.5, 0.6) is 0 Å². The highest BCUT2D eigenvalue weighted by molar-refractivity contribution is 5.85.